The highest BCUT2D eigenvalue weighted by Gasteiger charge is 2.26. The van der Waals surface area contributed by atoms with Gasteiger partial charge in [-0.25, -0.2) is 4.79 Å². The van der Waals surface area contributed by atoms with E-state index in [4.69, 9.17) is 4.74 Å². The van der Waals surface area contributed by atoms with E-state index in [0.29, 0.717) is 16.0 Å². The van der Waals surface area contributed by atoms with Crippen molar-refractivity contribution in [3.8, 4) is 21.6 Å². The van der Waals surface area contributed by atoms with E-state index in [1.807, 2.05) is 61.5 Å². The molecule has 0 spiro atoms. The third kappa shape index (κ3) is 3.39. The number of hydrogen-bond acceptors (Lipinski definition) is 4. The van der Waals surface area contributed by atoms with Crippen molar-refractivity contribution in [1.82, 2.24) is 0 Å². The summed E-state index contributed by atoms with van der Waals surface area (Å²) >= 11 is 1.32. The number of esters is 1. The summed E-state index contributed by atoms with van der Waals surface area (Å²) < 4.78 is 5.29. The van der Waals surface area contributed by atoms with Crippen LogP contribution in [0.25, 0.3) is 21.6 Å². The van der Waals surface area contributed by atoms with Gasteiger partial charge in [0, 0.05) is 5.56 Å². The zero-order chi connectivity index (χ0) is 17.8. The lowest BCUT2D eigenvalue weighted by atomic mass is 9.97. The van der Waals surface area contributed by atoms with Crippen LogP contribution in [0, 0.1) is 6.92 Å². The Kier molecular flexibility index (Phi) is 5.10. The molecular formula is C21H18O3S. The van der Waals surface area contributed by atoms with E-state index in [9.17, 15) is 9.59 Å². The van der Waals surface area contributed by atoms with Gasteiger partial charge in [0.05, 0.1) is 21.9 Å². The fourth-order valence-corrected chi connectivity index (χ4v) is 3.86. The number of aldehydes is 1. The van der Waals surface area contributed by atoms with Crippen LogP contribution in [0.5, 0.6) is 0 Å². The molecule has 25 heavy (non-hydrogen) atoms. The van der Waals surface area contributed by atoms with E-state index < -0.39 is 5.97 Å². The first-order chi connectivity index (χ1) is 12.2. The summed E-state index contributed by atoms with van der Waals surface area (Å²) in [5, 5.41) is 0. The minimum absolute atomic E-state index is 0.284. The smallest absolute Gasteiger partial charge is 0.340 e. The molecule has 0 aliphatic carbocycles. The van der Waals surface area contributed by atoms with Crippen LogP contribution >= 0.6 is 11.3 Å². The summed E-state index contributed by atoms with van der Waals surface area (Å²) in [6.45, 7) is 4.06. The topological polar surface area (TPSA) is 43.4 Å². The highest BCUT2D eigenvalue weighted by molar-refractivity contribution is 7.18. The summed E-state index contributed by atoms with van der Waals surface area (Å²) in [5.74, 6) is -0.402. The van der Waals surface area contributed by atoms with Crippen molar-refractivity contribution in [2.24, 2.45) is 0 Å². The molecule has 0 radical (unpaired) electrons. The molecule has 2 aromatic carbocycles. The Morgan fingerprint density at radius 1 is 1.04 bits per heavy atom. The molecule has 0 saturated carbocycles. The van der Waals surface area contributed by atoms with Crippen LogP contribution in [0.1, 0.15) is 32.5 Å². The van der Waals surface area contributed by atoms with Crippen molar-refractivity contribution in [3.63, 3.8) is 0 Å². The number of hydrogen-bond donors (Lipinski definition) is 0. The number of aryl methyl sites for hydroxylation is 1. The number of ether oxygens (including phenoxy) is 1. The van der Waals surface area contributed by atoms with Crippen molar-refractivity contribution in [3.05, 3.63) is 70.6 Å². The largest absolute Gasteiger partial charge is 0.462 e. The van der Waals surface area contributed by atoms with Crippen LogP contribution in [0.2, 0.25) is 0 Å². The second-order valence-electron chi connectivity index (χ2n) is 5.62. The van der Waals surface area contributed by atoms with Crippen LogP contribution in [-0.2, 0) is 4.74 Å². The van der Waals surface area contributed by atoms with Crippen molar-refractivity contribution < 1.29 is 14.3 Å². The van der Waals surface area contributed by atoms with Crippen LogP contribution < -0.4 is 0 Å². The highest BCUT2D eigenvalue weighted by atomic mass is 32.1. The van der Waals surface area contributed by atoms with E-state index >= 15 is 0 Å². The zero-order valence-electron chi connectivity index (χ0n) is 14.1. The van der Waals surface area contributed by atoms with Gasteiger partial charge >= 0.3 is 5.97 Å². The average molecular weight is 350 g/mol. The Bertz CT molecular complexity index is 893. The molecule has 126 valence electrons. The molecule has 1 heterocycles. The van der Waals surface area contributed by atoms with E-state index in [1.54, 1.807) is 6.92 Å². The van der Waals surface area contributed by atoms with Crippen molar-refractivity contribution in [2.45, 2.75) is 13.8 Å². The van der Waals surface area contributed by atoms with Crippen molar-refractivity contribution in [1.29, 1.82) is 0 Å². The van der Waals surface area contributed by atoms with Gasteiger partial charge in [-0.3, -0.25) is 4.79 Å². The third-order valence-corrected chi connectivity index (χ3v) is 5.06. The van der Waals surface area contributed by atoms with Crippen LogP contribution in [0.3, 0.4) is 0 Å². The normalized spacial score (nSPS) is 10.5. The number of thiophene rings is 1. The summed E-state index contributed by atoms with van der Waals surface area (Å²) in [6.07, 6.45) is 0.815. The third-order valence-electron chi connectivity index (χ3n) is 3.90. The first-order valence-corrected chi connectivity index (χ1v) is 8.89. The van der Waals surface area contributed by atoms with E-state index in [2.05, 4.69) is 0 Å². The Morgan fingerprint density at radius 2 is 1.72 bits per heavy atom. The monoisotopic (exact) mass is 350 g/mol. The van der Waals surface area contributed by atoms with Gasteiger partial charge in [-0.1, -0.05) is 60.2 Å². The standard InChI is InChI=1S/C21H18O3S/c1-3-24-21(23)19-18(15-11-9-14(2)10-12-15)17(13-22)25-20(19)16-7-5-4-6-8-16/h4-13H,3H2,1-2H3. The van der Waals surface area contributed by atoms with Gasteiger partial charge in [-0.15, -0.1) is 11.3 Å². The molecule has 0 aliphatic rings. The first-order valence-electron chi connectivity index (χ1n) is 8.07. The maximum absolute atomic E-state index is 12.7. The molecule has 0 N–H and O–H groups in total. The predicted molar refractivity (Wildman–Crippen MR) is 101 cm³/mol. The summed E-state index contributed by atoms with van der Waals surface area (Å²) in [6, 6.07) is 17.4. The van der Waals surface area contributed by atoms with Crippen LogP contribution in [0.4, 0.5) is 0 Å². The molecule has 3 aromatic rings. The lowest BCUT2D eigenvalue weighted by Crippen LogP contribution is -2.06. The van der Waals surface area contributed by atoms with Gasteiger partial charge in [0.2, 0.25) is 0 Å². The highest BCUT2D eigenvalue weighted by Crippen LogP contribution is 2.42. The molecule has 1 aromatic heterocycles. The van der Waals surface area contributed by atoms with Crippen LogP contribution in [-0.4, -0.2) is 18.9 Å². The maximum atomic E-state index is 12.7. The molecule has 0 bridgehead atoms. The van der Waals surface area contributed by atoms with Gasteiger partial charge in [-0.05, 0) is 25.0 Å². The number of carbonyl (C=O) groups excluding carboxylic acids is 2. The zero-order valence-corrected chi connectivity index (χ0v) is 14.9. The number of carbonyl (C=O) groups is 2. The van der Waals surface area contributed by atoms with Gasteiger partial charge in [0.25, 0.3) is 0 Å². The molecule has 0 atom stereocenters. The Labute approximate surface area is 150 Å². The molecule has 0 saturated heterocycles. The molecule has 0 aliphatic heterocycles. The van der Waals surface area contributed by atoms with Gasteiger partial charge < -0.3 is 4.74 Å². The van der Waals surface area contributed by atoms with Gasteiger partial charge in [-0.2, -0.15) is 0 Å². The molecule has 0 amide bonds. The number of rotatable bonds is 5. The molecule has 3 rings (SSSR count). The average Bonchev–Trinajstić information content (AvgIpc) is 3.03. The molecule has 0 fully saturated rings. The SMILES string of the molecule is CCOC(=O)c1c(-c2ccccc2)sc(C=O)c1-c1ccc(C)cc1. The second kappa shape index (κ2) is 7.45. The molecular weight excluding hydrogens is 332 g/mol. The maximum Gasteiger partial charge on any atom is 0.340 e. The summed E-state index contributed by atoms with van der Waals surface area (Å²) in [7, 11) is 0. The first kappa shape index (κ1) is 17.1. The number of benzene rings is 2. The van der Waals surface area contributed by atoms with Gasteiger partial charge in [0.1, 0.15) is 0 Å². The molecule has 4 heteroatoms. The minimum Gasteiger partial charge on any atom is -0.462 e. The predicted octanol–water partition coefficient (Wildman–Crippen LogP) is 5.38. The fraction of sp³-hybridized carbons (Fsp3) is 0.143. The van der Waals surface area contributed by atoms with E-state index in [1.165, 1.54) is 11.3 Å². The minimum atomic E-state index is -0.402. The van der Waals surface area contributed by atoms with Gasteiger partial charge in [0.15, 0.2) is 6.29 Å². The summed E-state index contributed by atoms with van der Waals surface area (Å²) in [4.78, 5) is 25.7. The van der Waals surface area contributed by atoms with Crippen molar-refractivity contribution >= 4 is 23.6 Å². The quantitative estimate of drug-likeness (QED) is 0.458. The Morgan fingerprint density at radius 3 is 2.32 bits per heavy atom. The fourth-order valence-electron chi connectivity index (χ4n) is 2.73. The summed E-state index contributed by atoms with van der Waals surface area (Å²) in [5.41, 5.74) is 3.97. The van der Waals surface area contributed by atoms with Crippen molar-refractivity contribution in [2.75, 3.05) is 6.61 Å². The van der Waals surface area contributed by atoms with Crippen LogP contribution in [0.15, 0.2) is 54.6 Å². The Hall–Kier alpha value is -2.72. The second-order valence-corrected chi connectivity index (χ2v) is 6.67. The lowest BCUT2D eigenvalue weighted by Gasteiger charge is -2.08. The molecule has 3 nitrogen and oxygen atoms in total. The van der Waals surface area contributed by atoms with E-state index in [0.717, 1.165) is 27.9 Å². The Balaban J connectivity index is 2.28. The lowest BCUT2D eigenvalue weighted by molar-refractivity contribution is 0.0528. The molecule has 0 unspecified atom stereocenters. The van der Waals surface area contributed by atoms with E-state index in [-0.39, 0.29) is 6.61 Å².